The molecule has 0 heterocycles. The largest absolute Gasteiger partial charge is 0.480 e. The number of carboxylic acid groups (broad SMARTS) is 1. The van der Waals surface area contributed by atoms with Gasteiger partial charge in [-0.3, -0.25) is 9.59 Å². The highest BCUT2D eigenvalue weighted by molar-refractivity contribution is 6.04. The van der Waals surface area contributed by atoms with Crippen molar-refractivity contribution >= 4 is 23.5 Å². The predicted molar refractivity (Wildman–Crippen MR) is 79.0 cm³/mol. The zero-order valence-electron chi connectivity index (χ0n) is 12.3. The lowest BCUT2D eigenvalue weighted by atomic mass is 10.0. The SMILES string of the molecule is CC(=O)Nc1ccccc1C(=O)N[C@H](C[C@H](C)C#N)C(=O)O. The molecular formula is C15H17N3O4. The summed E-state index contributed by atoms with van der Waals surface area (Å²) in [6.07, 6.45) is -0.000122. The fraction of sp³-hybridized carbons (Fsp3) is 0.333. The van der Waals surface area contributed by atoms with E-state index in [1.165, 1.54) is 13.0 Å². The molecule has 0 aliphatic rings. The molecule has 0 aliphatic heterocycles. The molecule has 7 heteroatoms. The molecule has 0 saturated carbocycles. The fourth-order valence-electron chi connectivity index (χ4n) is 1.84. The minimum Gasteiger partial charge on any atom is -0.480 e. The van der Waals surface area contributed by atoms with E-state index in [0.29, 0.717) is 5.69 Å². The highest BCUT2D eigenvalue weighted by atomic mass is 16.4. The minimum absolute atomic E-state index is 0.000122. The molecule has 1 aromatic rings. The molecule has 116 valence electrons. The first-order valence-corrected chi connectivity index (χ1v) is 6.65. The molecule has 1 aromatic carbocycles. The van der Waals surface area contributed by atoms with Gasteiger partial charge in [-0.2, -0.15) is 5.26 Å². The molecule has 0 spiro atoms. The van der Waals surface area contributed by atoms with Crippen LogP contribution >= 0.6 is 0 Å². The van der Waals surface area contributed by atoms with E-state index >= 15 is 0 Å². The monoisotopic (exact) mass is 303 g/mol. The van der Waals surface area contributed by atoms with E-state index in [9.17, 15) is 14.4 Å². The number of nitriles is 1. The van der Waals surface area contributed by atoms with Crippen molar-refractivity contribution in [2.24, 2.45) is 5.92 Å². The van der Waals surface area contributed by atoms with Crippen molar-refractivity contribution in [1.82, 2.24) is 5.32 Å². The summed E-state index contributed by atoms with van der Waals surface area (Å²) in [4.78, 5) is 34.5. The number of carbonyl (C=O) groups excluding carboxylic acids is 2. The molecule has 0 aliphatic carbocycles. The topological polar surface area (TPSA) is 119 Å². The highest BCUT2D eigenvalue weighted by Gasteiger charge is 2.24. The van der Waals surface area contributed by atoms with Crippen molar-refractivity contribution in [3.05, 3.63) is 29.8 Å². The predicted octanol–water partition coefficient (Wildman–Crippen LogP) is 1.38. The first kappa shape index (κ1) is 17.2. The number of nitrogens with zero attached hydrogens (tertiary/aromatic N) is 1. The van der Waals surface area contributed by atoms with Crippen LogP contribution in [-0.2, 0) is 9.59 Å². The minimum atomic E-state index is -1.22. The summed E-state index contributed by atoms with van der Waals surface area (Å²) in [7, 11) is 0. The van der Waals surface area contributed by atoms with E-state index in [2.05, 4.69) is 10.6 Å². The Kier molecular flexibility index (Phi) is 6.08. The van der Waals surface area contributed by atoms with Crippen molar-refractivity contribution in [1.29, 1.82) is 5.26 Å². The van der Waals surface area contributed by atoms with Crippen molar-refractivity contribution in [2.75, 3.05) is 5.32 Å². The summed E-state index contributed by atoms with van der Waals surface area (Å²) in [6, 6.07) is 7.03. The smallest absolute Gasteiger partial charge is 0.326 e. The summed E-state index contributed by atoms with van der Waals surface area (Å²) >= 11 is 0. The van der Waals surface area contributed by atoms with Gasteiger partial charge in [0.2, 0.25) is 5.91 Å². The van der Waals surface area contributed by atoms with Gasteiger partial charge in [-0.25, -0.2) is 4.79 Å². The molecule has 0 radical (unpaired) electrons. The molecule has 2 atom stereocenters. The number of rotatable bonds is 6. The summed E-state index contributed by atoms with van der Waals surface area (Å²) in [5.74, 6) is -2.69. The third kappa shape index (κ3) is 4.90. The van der Waals surface area contributed by atoms with Gasteiger partial charge >= 0.3 is 5.97 Å². The lowest BCUT2D eigenvalue weighted by Crippen LogP contribution is -2.42. The Morgan fingerprint density at radius 1 is 1.32 bits per heavy atom. The van der Waals surface area contributed by atoms with E-state index in [-0.39, 0.29) is 17.9 Å². The first-order valence-electron chi connectivity index (χ1n) is 6.65. The third-order valence-electron chi connectivity index (χ3n) is 2.90. The standard InChI is InChI=1S/C15H17N3O4/c1-9(8-16)7-13(15(21)22)18-14(20)11-5-3-4-6-12(11)17-10(2)19/h3-6,9,13H,7H2,1-2H3,(H,17,19)(H,18,20)(H,21,22)/t9-,13+/m0/s1. The van der Waals surface area contributed by atoms with Crippen LogP contribution in [0.3, 0.4) is 0 Å². The van der Waals surface area contributed by atoms with Gasteiger partial charge in [-0.05, 0) is 25.5 Å². The summed E-state index contributed by atoms with van der Waals surface area (Å²) in [5.41, 5.74) is 0.457. The summed E-state index contributed by atoms with van der Waals surface area (Å²) < 4.78 is 0. The van der Waals surface area contributed by atoms with Gasteiger partial charge in [0.25, 0.3) is 5.91 Å². The van der Waals surface area contributed by atoms with Gasteiger partial charge in [0, 0.05) is 12.8 Å². The Morgan fingerprint density at radius 2 is 1.95 bits per heavy atom. The van der Waals surface area contributed by atoms with Gasteiger partial charge in [0.1, 0.15) is 6.04 Å². The number of aliphatic carboxylic acids is 1. The number of carboxylic acids is 1. The Balaban J connectivity index is 2.93. The second kappa shape index (κ2) is 7.78. The molecule has 1 rings (SSSR count). The van der Waals surface area contributed by atoms with Crippen LogP contribution in [0, 0.1) is 17.2 Å². The van der Waals surface area contributed by atoms with E-state index in [0.717, 1.165) is 0 Å². The maximum absolute atomic E-state index is 12.2. The fourth-order valence-corrected chi connectivity index (χ4v) is 1.84. The van der Waals surface area contributed by atoms with Gasteiger partial charge in [-0.1, -0.05) is 12.1 Å². The van der Waals surface area contributed by atoms with Gasteiger partial charge < -0.3 is 15.7 Å². The molecule has 3 N–H and O–H groups in total. The van der Waals surface area contributed by atoms with Gasteiger partial charge in [-0.15, -0.1) is 0 Å². The number of amides is 2. The third-order valence-corrected chi connectivity index (χ3v) is 2.90. The van der Waals surface area contributed by atoms with Crippen LogP contribution in [0.4, 0.5) is 5.69 Å². The van der Waals surface area contributed by atoms with E-state index in [4.69, 9.17) is 10.4 Å². The molecular weight excluding hydrogens is 286 g/mol. The molecule has 0 bridgehead atoms. The van der Waals surface area contributed by atoms with Crippen molar-refractivity contribution < 1.29 is 19.5 Å². The average Bonchev–Trinajstić information content (AvgIpc) is 2.46. The van der Waals surface area contributed by atoms with Gasteiger partial charge in [0.15, 0.2) is 0 Å². The number of hydrogen-bond donors (Lipinski definition) is 3. The molecule has 22 heavy (non-hydrogen) atoms. The Labute approximate surface area is 127 Å². The number of nitrogens with one attached hydrogen (secondary N) is 2. The zero-order valence-corrected chi connectivity index (χ0v) is 12.3. The van der Waals surface area contributed by atoms with Crippen LogP contribution in [0.15, 0.2) is 24.3 Å². The van der Waals surface area contributed by atoms with Crippen LogP contribution in [0.2, 0.25) is 0 Å². The first-order chi connectivity index (χ1) is 10.3. The molecule has 0 fully saturated rings. The van der Waals surface area contributed by atoms with E-state index in [1.807, 2.05) is 6.07 Å². The summed E-state index contributed by atoms with van der Waals surface area (Å²) in [5, 5.41) is 22.8. The highest BCUT2D eigenvalue weighted by Crippen LogP contribution is 2.16. The number of anilines is 1. The Bertz CT molecular complexity index is 621. The molecule has 0 saturated heterocycles. The maximum Gasteiger partial charge on any atom is 0.326 e. The number of carbonyl (C=O) groups is 3. The maximum atomic E-state index is 12.2. The Hall–Kier alpha value is -2.88. The second-order valence-electron chi connectivity index (χ2n) is 4.86. The molecule has 0 aromatic heterocycles. The molecule has 2 amide bonds. The lowest BCUT2D eigenvalue weighted by Gasteiger charge is -2.17. The quantitative estimate of drug-likeness (QED) is 0.733. The number of benzene rings is 1. The molecule has 7 nitrogen and oxygen atoms in total. The average molecular weight is 303 g/mol. The summed E-state index contributed by atoms with van der Waals surface area (Å²) in [6.45, 7) is 2.89. The number of para-hydroxylation sites is 1. The second-order valence-corrected chi connectivity index (χ2v) is 4.86. The normalized spacial score (nSPS) is 12.6. The van der Waals surface area contributed by atoms with Crippen molar-refractivity contribution in [3.8, 4) is 6.07 Å². The van der Waals surface area contributed by atoms with Crippen LogP contribution in [-0.4, -0.2) is 28.9 Å². The van der Waals surface area contributed by atoms with E-state index in [1.54, 1.807) is 25.1 Å². The van der Waals surface area contributed by atoms with Crippen molar-refractivity contribution in [2.45, 2.75) is 26.3 Å². The zero-order chi connectivity index (χ0) is 16.7. The van der Waals surface area contributed by atoms with Crippen LogP contribution in [0.1, 0.15) is 30.6 Å². The van der Waals surface area contributed by atoms with Crippen molar-refractivity contribution in [3.63, 3.8) is 0 Å². The van der Waals surface area contributed by atoms with Crippen LogP contribution < -0.4 is 10.6 Å². The number of hydrogen-bond acceptors (Lipinski definition) is 4. The Morgan fingerprint density at radius 3 is 2.50 bits per heavy atom. The van der Waals surface area contributed by atoms with Gasteiger partial charge in [0.05, 0.1) is 17.3 Å². The van der Waals surface area contributed by atoms with Crippen LogP contribution in [0.5, 0.6) is 0 Å². The van der Waals surface area contributed by atoms with E-state index < -0.39 is 23.8 Å². The lowest BCUT2D eigenvalue weighted by molar-refractivity contribution is -0.139. The van der Waals surface area contributed by atoms with Crippen LogP contribution in [0.25, 0.3) is 0 Å². The molecule has 0 unspecified atom stereocenters.